The molecule has 4 heterocycles. The summed E-state index contributed by atoms with van der Waals surface area (Å²) in [4.78, 5) is 24.1. The van der Waals surface area contributed by atoms with Crippen LogP contribution in [0.3, 0.4) is 0 Å². The van der Waals surface area contributed by atoms with Gasteiger partial charge in [-0.1, -0.05) is 188 Å². The maximum Gasteiger partial charge on any atom is 0.160 e. The lowest BCUT2D eigenvalue weighted by molar-refractivity contribution is 0.931. The first-order valence-corrected chi connectivity index (χ1v) is 24.0. The van der Waals surface area contributed by atoms with E-state index in [4.69, 9.17) is 15.0 Å². The zero-order valence-electron chi connectivity index (χ0n) is 38.7. The van der Waals surface area contributed by atoms with Crippen molar-refractivity contribution in [3.05, 3.63) is 271 Å². The van der Waals surface area contributed by atoms with E-state index in [1.54, 1.807) is 0 Å². The van der Waals surface area contributed by atoms with Crippen molar-refractivity contribution in [2.24, 2.45) is 0 Å². The molecule has 11 aromatic rings. The van der Waals surface area contributed by atoms with Crippen molar-refractivity contribution >= 4 is 0 Å². The number of aromatic nitrogens is 5. The van der Waals surface area contributed by atoms with E-state index in [0.29, 0.717) is 5.82 Å². The Morgan fingerprint density at radius 1 is 0.229 bits per heavy atom. The summed E-state index contributed by atoms with van der Waals surface area (Å²) in [5.41, 5.74) is 20.9. The summed E-state index contributed by atoms with van der Waals surface area (Å²) in [7, 11) is 0. The van der Waals surface area contributed by atoms with Crippen LogP contribution < -0.4 is 0 Å². The van der Waals surface area contributed by atoms with Gasteiger partial charge in [0.1, 0.15) is 0 Å². The third kappa shape index (κ3) is 10.2. The second kappa shape index (κ2) is 20.5. The van der Waals surface area contributed by atoms with Crippen LogP contribution in [0, 0.1) is 0 Å². The molecule has 0 saturated carbocycles. The van der Waals surface area contributed by atoms with E-state index in [2.05, 4.69) is 174 Å². The first kappa shape index (κ1) is 43.6. The fraction of sp³-hybridized carbons (Fsp3) is 0.0615. The first-order chi connectivity index (χ1) is 34.6. The minimum Gasteiger partial charge on any atom is -0.256 e. The molecule has 0 spiro atoms. The maximum atomic E-state index is 5.08. The van der Waals surface area contributed by atoms with Gasteiger partial charge in [0.15, 0.2) is 5.82 Å². The molecule has 0 atom stereocenters. The largest absolute Gasteiger partial charge is 0.256 e. The van der Waals surface area contributed by atoms with E-state index in [-0.39, 0.29) is 0 Å². The fourth-order valence-corrected chi connectivity index (χ4v) is 9.16. The highest BCUT2D eigenvalue weighted by atomic mass is 14.9. The second-order valence-electron chi connectivity index (χ2n) is 17.6. The second-order valence-corrected chi connectivity index (χ2v) is 17.6. The van der Waals surface area contributed by atoms with Crippen LogP contribution in [0.2, 0.25) is 0 Å². The average molecular weight is 900 g/mol. The molecule has 0 saturated heterocycles. The number of hydrogen-bond donors (Lipinski definition) is 0. The Kier molecular flexibility index (Phi) is 12.8. The van der Waals surface area contributed by atoms with Gasteiger partial charge in [0.05, 0.1) is 28.5 Å². The number of rotatable bonds is 14. The Morgan fingerprint density at radius 3 is 1.16 bits per heavy atom. The van der Waals surface area contributed by atoms with E-state index in [0.717, 1.165) is 93.1 Å². The number of pyridine rings is 3. The highest BCUT2D eigenvalue weighted by Gasteiger charge is 2.15. The highest BCUT2D eigenvalue weighted by Crippen LogP contribution is 2.36. The van der Waals surface area contributed by atoms with Gasteiger partial charge in [0, 0.05) is 52.0 Å². The number of aryl methyl sites for hydroxylation is 4. The summed E-state index contributed by atoms with van der Waals surface area (Å²) >= 11 is 0. The zero-order valence-corrected chi connectivity index (χ0v) is 38.7. The topological polar surface area (TPSA) is 64.5 Å². The molecule has 0 fully saturated rings. The normalized spacial score (nSPS) is 11.1. The Hall–Kier alpha value is -8.93. The Morgan fingerprint density at radius 2 is 0.643 bits per heavy atom. The van der Waals surface area contributed by atoms with Gasteiger partial charge in [-0.3, -0.25) is 15.0 Å². The van der Waals surface area contributed by atoms with Crippen LogP contribution in [0.4, 0.5) is 0 Å². The fourth-order valence-electron chi connectivity index (χ4n) is 9.16. The van der Waals surface area contributed by atoms with Gasteiger partial charge in [-0.15, -0.1) is 0 Å². The van der Waals surface area contributed by atoms with E-state index in [1.807, 2.05) is 85.3 Å². The summed E-state index contributed by atoms with van der Waals surface area (Å²) in [6, 6.07) is 81.3. The molecule has 334 valence electrons. The average Bonchev–Trinajstić information content (AvgIpc) is 3.45. The summed E-state index contributed by atoms with van der Waals surface area (Å²) < 4.78 is 0. The standard InChI is InChI=1S/C65H49N5/c1-3-13-51(14-4-1)63-45-64(52-15-5-2-6-16-52)70-65(69-63)56-37-40-68-62(44-56)55-35-33-50(34-36-55)58-17-7-8-18-59(58)57-42-48(23-21-46-25-29-53(30-26-46)60-19-9-11-38-66-60)41-49(43-57)24-22-47-27-31-54(32-28-47)61-20-10-12-39-67-61/h1-20,25-45H,21-24H2. The van der Waals surface area contributed by atoms with Gasteiger partial charge >= 0.3 is 0 Å². The Bertz CT molecular complexity index is 3320. The summed E-state index contributed by atoms with van der Waals surface area (Å²) in [6.45, 7) is 0. The lowest BCUT2D eigenvalue weighted by Crippen LogP contribution is -1.98. The zero-order chi connectivity index (χ0) is 46.9. The Balaban J connectivity index is 0.879. The SMILES string of the molecule is c1ccc(-c2cc(-c3ccccc3)nc(-c3ccnc(-c4ccc(-c5ccccc5-c5cc(CCc6ccc(-c7ccccn7)cc6)cc(CCc6ccc(-c7ccccn7)cc6)c5)cc4)c3)n2)cc1. The predicted octanol–water partition coefficient (Wildman–Crippen LogP) is 15.6. The van der Waals surface area contributed by atoms with Crippen molar-refractivity contribution in [1.29, 1.82) is 0 Å². The summed E-state index contributed by atoms with van der Waals surface area (Å²) in [5, 5.41) is 0. The summed E-state index contributed by atoms with van der Waals surface area (Å²) in [5.74, 6) is 0.660. The lowest BCUT2D eigenvalue weighted by Gasteiger charge is -2.15. The molecule has 5 nitrogen and oxygen atoms in total. The molecule has 0 aliphatic carbocycles. The van der Waals surface area contributed by atoms with Gasteiger partial charge < -0.3 is 0 Å². The molecule has 5 heteroatoms. The van der Waals surface area contributed by atoms with Crippen molar-refractivity contribution in [3.8, 4) is 89.9 Å². The predicted molar refractivity (Wildman–Crippen MR) is 287 cm³/mol. The van der Waals surface area contributed by atoms with Crippen LogP contribution in [0.15, 0.2) is 249 Å². The minimum absolute atomic E-state index is 0.660. The van der Waals surface area contributed by atoms with E-state index >= 15 is 0 Å². The number of benzene rings is 7. The van der Waals surface area contributed by atoms with Crippen LogP contribution in [0.5, 0.6) is 0 Å². The van der Waals surface area contributed by atoms with Crippen molar-refractivity contribution in [3.63, 3.8) is 0 Å². The molecular weight excluding hydrogens is 851 g/mol. The molecule has 11 rings (SSSR count). The van der Waals surface area contributed by atoms with Gasteiger partial charge in [-0.05, 0) is 113 Å². The van der Waals surface area contributed by atoms with E-state index < -0.39 is 0 Å². The molecule has 0 unspecified atom stereocenters. The molecule has 7 aromatic carbocycles. The highest BCUT2D eigenvalue weighted by molar-refractivity contribution is 5.85. The number of nitrogens with zero attached hydrogens (tertiary/aromatic N) is 5. The molecular formula is C65H49N5. The lowest BCUT2D eigenvalue weighted by atomic mass is 9.90. The molecule has 0 radical (unpaired) electrons. The van der Waals surface area contributed by atoms with E-state index in [1.165, 1.54) is 38.9 Å². The van der Waals surface area contributed by atoms with Gasteiger partial charge in [0.2, 0.25) is 0 Å². The van der Waals surface area contributed by atoms with Gasteiger partial charge in [-0.2, -0.15) is 0 Å². The summed E-state index contributed by atoms with van der Waals surface area (Å²) in [6.07, 6.45) is 9.30. The van der Waals surface area contributed by atoms with Gasteiger partial charge in [0.25, 0.3) is 0 Å². The first-order valence-electron chi connectivity index (χ1n) is 24.0. The van der Waals surface area contributed by atoms with Crippen molar-refractivity contribution in [1.82, 2.24) is 24.9 Å². The molecule has 0 aliphatic heterocycles. The van der Waals surface area contributed by atoms with Crippen molar-refractivity contribution in [2.45, 2.75) is 25.7 Å². The van der Waals surface area contributed by atoms with Gasteiger partial charge in [-0.25, -0.2) is 9.97 Å². The third-order valence-electron chi connectivity index (χ3n) is 12.9. The quantitative estimate of drug-likeness (QED) is 0.109. The van der Waals surface area contributed by atoms with Crippen LogP contribution in [-0.2, 0) is 25.7 Å². The monoisotopic (exact) mass is 899 g/mol. The van der Waals surface area contributed by atoms with Crippen LogP contribution >= 0.6 is 0 Å². The molecule has 0 bridgehead atoms. The molecule has 4 aromatic heterocycles. The third-order valence-corrected chi connectivity index (χ3v) is 12.9. The van der Waals surface area contributed by atoms with Crippen LogP contribution in [0.1, 0.15) is 22.3 Å². The minimum atomic E-state index is 0.660. The molecule has 70 heavy (non-hydrogen) atoms. The van der Waals surface area contributed by atoms with Crippen LogP contribution in [-0.4, -0.2) is 24.9 Å². The van der Waals surface area contributed by atoms with Crippen molar-refractivity contribution in [2.75, 3.05) is 0 Å². The molecule has 0 amide bonds. The van der Waals surface area contributed by atoms with Crippen molar-refractivity contribution < 1.29 is 0 Å². The molecule has 0 N–H and O–H groups in total. The Labute approximate surface area is 410 Å². The number of hydrogen-bond acceptors (Lipinski definition) is 5. The maximum absolute atomic E-state index is 5.08. The smallest absolute Gasteiger partial charge is 0.160 e. The molecule has 0 aliphatic rings. The van der Waals surface area contributed by atoms with Crippen LogP contribution in [0.25, 0.3) is 89.9 Å². The van der Waals surface area contributed by atoms with E-state index in [9.17, 15) is 0 Å².